The molecule has 0 spiro atoms. The molecule has 0 aliphatic carbocycles. The molecule has 0 saturated heterocycles. The number of aryl methyl sites for hydroxylation is 1. The van der Waals surface area contributed by atoms with E-state index < -0.39 is 5.54 Å². The number of benzene rings is 1. The molecule has 0 fully saturated rings. The van der Waals surface area contributed by atoms with Gasteiger partial charge in [0, 0.05) is 13.6 Å². The fourth-order valence-electron chi connectivity index (χ4n) is 1.70. The average molecular weight is 234 g/mol. The number of rotatable bonds is 4. The number of carbonyl (C=O) groups excluding carboxylic acids is 1. The zero-order valence-corrected chi connectivity index (χ0v) is 11.4. The quantitative estimate of drug-likeness (QED) is 0.863. The van der Waals surface area contributed by atoms with Crippen LogP contribution in [0.1, 0.15) is 25.0 Å². The number of nitrogens with zero attached hydrogens (tertiary/aromatic N) is 1. The zero-order chi connectivity index (χ0) is 13.1. The summed E-state index contributed by atoms with van der Waals surface area (Å²) in [5.74, 6) is 0.100. The van der Waals surface area contributed by atoms with Gasteiger partial charge in [-0.2, -0.15) is 0 Å². The van der Waals surface area contributed by atoms with Gasteiger partial charge in [0.2, 0.25) is 5.91 Å². The van der Waals surface area contributed by atoms with Crippen LogP contribution in [0.2, 0.25) is 0 Å². The molecule has 0 saturated carbocycles. The van der Waals surface area contributed by atoms with Crippen LogP contribution in [0, 0.1) is 6.92 Å². The Kier molecular flexibility index (Phi) is 4.29. The maximum absolute atomic E-state index is 12.2. The molecular weight excluding hydrogens is 212 g/mol. The van der Waals surface area contributed by atoms with Crippen LogP contribution in [-0.2, 0) is 11.3 Å². The van der Waals surface area contributed by atoms with E-state index in [-0.39, 0.29) is 5.91 Å². The lowest BCUT2D eigenvalue weighted by Gasteiger charge is -2.29. The summed E-state index contributed by atoms with van der Waals surface area (Å²) in [6.45, 7) is 6.50. The Morgan fingerprint density at radius 3 is 2.47 bits per heavy atom. The van der Waals surface area contributed by atoms with Gasteiger partial charge >= 0.3 is 0 Å². The Bertz CT molecular complexity index is 399. The first kappa shape index (κ1) is 13.7. The van der Waals surface area contributed by atoms with Gasteiger partial charge in [-0.3, -0.25) is 4.79 Å². The van der Waals surface area contributed by atoms with Gasteiger partial charge in [-0.15, -0.1) is 0 Å². The van der Waals surface area contributed by atoms with Gasteiger partial charge in [0.25, 0.3) is 0 Å². The van der Waals surface area contributed by atoms with E-state index >= 15 is 0 Å². The molecule has 0 bridgehead atoms. The topological polar surface area (TPSA) is 32.3 Å². The van der Waals surface area contributed by atoms with Crippen molar-refractivity contribution in [1.82, 2.24) is 10.2 Å². The van der Waals surface area contributed by atoms with E-state index in [2.05, 4.69) is 24.4 Å². The largest absolute Gasteiger partial charge is 0.340 e. The summed E-state index contributed by atoms with van der Waals surface area (Å²) in [5, 5.41) is 3.03. The third kappa shape index (κ3) is 3.30. The lowest BCUT2D eigenvalue weighted by Crippen LogP contribution is -2.51. The van der Waals surface area contributed by atoms with Crippen molar-refractivity contribution >= 4 is 5.91 Å². The average Bonchev–Trinajstić information content (AvgIpc) is 2.31. The molecule has 1 aromatic rings. The molecule has 0 atom stereocenters. The summed E-state index contributed by atoms with van der Waals surface area (Å²) < 4.78 is 0. The lowest BCUT2D eigenvalue weighted by atomic mass is 10.0. The molecule has 0 aromatic heterocycles. The highest BCUT2D eigenvalue weighted by atomic mass is 16.2. The molecular formula is C14H22N2O. The van der Waals surface area contributed by atoms with Crippen molar-refractivity contribution < 1.29 is 4.79 Å². The third-order valence-electron chi connectivity index (χ3n) is 3.18. The Morgan fingerprint density at radius 1 is 1.35 bits per heavy atom. The summed E-state index contributed by atoms with van der Waals surface area (Å²) in [5.41, 5.74) is 1.89. The van der Waals surface area contributed by atoms with Gasteiger partial charge in [0.15, 0.2) is 0 Å². The van der Waals surface area contributed by atoms with Crippen molar-refractivity contribution in [3.8, 4) is 0 Å². The van der Waals surface area contributed by atoms with Gasteiger partial charge in [0.1, 0.15) is 0 Å². The molecule has 3 nitrogen and oxygen atoms in total. The Labute approximate surface area is 104 Å². The van der Waals surface area contributed by atoms with E-state index in [1.54, 1.807) is 11.9 Å². The van der Waals surface area contributed by atoms with Gasteiger partial charge < -0.3 is 10.2 Å². The fraction of sp³-hybridized carbons (Fsp3) is 0.500. The fourth-order valence-corrected chi connectivity index (χ4v) is 1.70. The van der Waals surface area contributed by atoms with Crippen LogP contribution < -0.4 is 5.32 Å². The van der Waals surface area contributed by atoms with Gasteiger partial charge in [0.05, 0.1) is 5.54 Å². The number of likely N-dealkylation sites (N-methyl/N-ethyl adjacent to an activating group) is 2. The molecule has 1 N–H and O–H groups in total. The summed E-state index contributed by atoms with van der Waals surface area (Å²) in [4.78, 5) is 13.9. The van der Waals surface area contributed by atoms with E-state index in [4.69, 9.17) is 0 Å². The molecule has 3 heteroatoms. The SMILES string of the molecule is CNC(C)(C)C(=O)N(C)Cc1ccccc1C. The van der Waals surface area contributed by atoms with Crippen LogP contribution in [-0.4, -0.2) is 30.4 Å². The molecule has 1 aromatic carbocycles. The maximum atomic E-state index is 12.2. The van der Waals surface area contributed by atoms with Crippen molar-refractivity contribution in [2.45, 2.75) is 32.9 Å². The molecule has 17 heavy (non-hydrogen) atoms. The highest BCUT2D eigenvalue weighted by Crippen LogP contribution is 2.13. The van der Waals surface area contributed by atoms with E-state index in [0.717, 1.165) is 0 Å². The van der Waals surface area contributed by atoms with Crippen LogP contribution in [0.5, 0.6) is 0 Å². The van der Waals surface area contributed by atoms with Crippen molar-refractivity contribution in [3.05, 3.63) is 35.4 Å². The van der Waals surface area contributed by atoms with E-state index in [9.17, 15) is 4.79 Å². The first-order valence-electron chi connectivity index (χ1n) is 5.87. The van der Waals surface area contributed by atoms with Crippen molar-refractivity contribution in [3.63, 3.8) is 0 Å². The second-order valence-corrected chi connectivity index (χ2v) is 4.96. The standard InChI is InChI=1S/C14H22N2O/c1-11-8-6-7-9-12(11)10-16(5)13(17)14(2,3)15-4/h6-9,15H,10H2,1-5H3. The molecule has 0 unspecified atom stereocenters. The number of hydrogen-bond donors (Lipinski definition) is 1. The van der Waals surface area contributed by atoms with E-state index in [1.807, 2.05) is 33.0 Å². The summed E-state index contributed by atoms with van der Waals surface area (Å²) in [7, 11) is 3.65. The predicted molar refractivity (Wildman–Crippen MR) is 70.8 cm³/mol. The monoisotopic (exact) mass is 234 g/mol. The molecule has 1 amide bonds. The Hall–Kier alpha value is -1.35. The molecule has 1 rings (SSSR count). The first-order chi connectivity index (χ1) is 7.88. The molecule has 0 radical (unpaired) electrons. The second-order valence-electron chi connectivity index (χ2n) is 4.96. The van der Waals surface area contributed by atoms with E-state index in [0.29, 0.717) is 6.54 Å². The lowest BCUT2D eigenvalue weighted by molar-refractivity contribution is -0.136. The Morgan fingerprint density at radius 2 is 1.94 bits per heavy atom. The number of amides is 1. The molecule has 0 aliphatic rings. The van der Waals surface area contributed by atoms with Crippen molar-refractivity contribution in [2.75, 3.05) is 14.1 Å². The van der Waals surface area contributed by atoms with E-state index in [1.165, 1.54) is 11.1 Å². The second kappa shape index (κ2) is 5.32. The predicted octanol–water partition coefficient (Wildman–Crippen LogP) is 1.95. The first-order valence-corrected chi connectivity index (χ1v) is 5.87. The maximum Gasteiger partial charge on any atom is 0.242 e. The third-order valence-corrected chi connectivity index (χ3v) is 3.18. The summed E-state index contributed by atoms with van der Waals surface area (Å²) in [6.07, 6.45) is 0. The van der Waals surface area contributed by atoms with Crippen LogP contribution in [0.25, 0.3) is 0 Å². The minimum absolute atomic E-state index is 0.100. The summed E-state index contributed by atoms with van der Waals surface area (Å²) >= 11 is 0. The number of hydrogen-bond acceptors (Lipinski definition) is 2. The van der Waals surface area contributed by atoms with Crippen LogP contribution in [0.4, 0.5) is 0 Å². The minimum atomic E-state index is -0.516. The van der Waals surface area contributed by atoms with Gasteiger partial charge in [-0.25, -0.2) is 0 Å². The van der Waals surface area contributed by atoms with Crippen LogP contribution in [0.3, 0.4) is 0 Å². The van der Waals surface area contributed by atoms with Crippen molar-refractivity contribution in [2.24, 2.45) is 0 Å². The van der Waals surface area contributed by atoms with Crippen molar-refractivity contribution in [1.29, 1.82) is 0 Å². The van der Waals surface area contributed by atoms with Crippen LogP contribution in [0.15, 0.2) is 24.3 Å². The number of nitrogens with one attached hydrogen (secondary N) is 1. The minimum Gasteiger partial charge on any atom is -0.340 e. The molecule has 94 valence electrons. The zero-order valence-electron chi connectivity index (χ0n) is 11.4. The van der Waals surface area contributed by atoms with Gasteiger partial charge in [-0.1, -0.05) is 24.3 Å². The normalized spacial score (nSPS) is 11.4. The number of carbonyl (C=O) groups is 1. The smallest absolute Gasteiger partial charge is 0.242 e. The highest BCUT2D eigenvalue weighted by Gasteiger charge is 2.28. The highest BCUT2D eigenvalue weighted by molar-refractivity contribution is 5.85. The molecule has 0 heterocycles. The van der Waals surface area contributed by atoms with Gasteiger partial charge in [-0.05, 0) is 38.9 Å². The molecule has 0 aliphatic heterocycles. The summed E-state index contributed by atoms with van der Waals surface area (Å²) in [6, 6.07) is 8.14. The van der Waals surface area contributed by atoms with Crippen LogP contribution >= 0.6 is 0 Å². The Balaban J connectivity index is 2.77.